The molecule has 1 aromatic heterocycles. The third-order valence-corrected chi connectivity index (χ3v) is 3.27. The van der Waals surface area contributed by atoms with Gasteiger partial charge in [-0.15, -0.1) is 11.3 Å². The van der Waals surface area contributed by atoms with E-state index in [2.05, 4.69) is 4.98 Å². The standard InChI is InChI=1S/C12H8F3NOS/c13-12(14,15)10-4-2-1-3-8(10)5-11-16-6-9(7-17)18-11/h1-4,6-7H,5H2. The number of nitrogens with zero attached hydrogens (tertiary/aromatic N) is 1. The first-order valence-corrected chi connectivity index (χ1v) is 5.87. The zero-order valence-corrected chi connectivity index (χ0v) is 9.89. The van der Waals surface area contributed by atoms with Crippen molar-refractivity contribution in [3.05, 3.63) is 51.5 Å². The molecular formula is C12H8F3NOS. The molecule has 1 aromatic carbocycles. The Hall–Kier alpha value is -1.69. The summed E-state index contributed by atoms with van der Waals surface area (Å²) in [6.07, 6.45) is -2.30. The van der Waals surface area contributed by atoms with E-state index in [9.17, 15) is 18.0 Å². The lowest BCUT2D eigenvalue weighted by Gasteiger charge is -2.11. The summed E-state index contributed by atoms with van der Waals surface area (Å²) in [6.45, 7) is 0. The topological polar surface area (TPSA) is 30.0 Å². The second-order valence-electron chi connectivity index (χ2n) is 3.61. The lowest BCUT2D eigenvalue weighted by atomic mass is 10.0. The molecule has 2 aromatic rings. The van der Waals surface area contributed by atoms with Crippen molar-refractivity contribution >= 4 is 17.6 Å². The van der Waals surface area contributed by atoms with Crippen LogP contribution >= 0.6 is 11.3 Å². The van der Waals surface area contributed by atoms with E-state index in [1.54, 1.807) is 6.07 Å². The van der Waals surface area contributed by atoms with Gasteiger partial charge in [0.25, 0.3) is 0 Å². The molecule has 18 heavy (non-hydrogen) atoms. The van der Waals surface area contributed by atoms with Crippen LogP contribution in [0.3, 0.4) is 0 Å². The largest absolute Gasteiger partial charge is 0.416 e. The Morgan fingerprint density at radius 2 is 2.00 bits per heavy atom. The number of hydrogen-bond donors (Lipinski definition) is 0. The van der Waals surface area contributed by atoms with E-state index in [0.717, 1.165) is 17.4 Å². The molecule has 0 fully saturated rings. The van der Waals surface area contributed by atoms with E-state index in [-0.39, 0.29) is 12.0 Å². The maximum atomic E-state index is 12.7. The molecule has 0 N–H and O–H groups in total. The molecule has 0 spiro atoms. The summed E-state index contributed by atoms with van der Waals surface area (Å²) in [7, 11) is 0. The number of benzene rings is 1. The highest BCUT2D eigenvalue weighted by Crippen LogP contribution is 2.33. The van der Waals surface area contributed by atoms with Crippen LogP contribution < -0.4 is 0 Å². The second-order valence-corrected chi connectivity index (χ2v) is 4.75. The zero-order valence-electron chi connectivity index (χ0n) is 9.07. The lowest BCUT2D eigenvalue weighted by molar-refractivity contribution is -0.138. The highest BCUT2D eigenvalue weighted by molar-refractivity contribution is 7.13. The average Bonchev–Trinajstić information content (AvgIpc) is 2.76. The molecule has 1 heterocycles. The van der Waals surface area contributed by atoms with Crippen LogP contribution in [0, 0.1) is 0 Å². The Bertz CT molecular complexity index is 562. The highest BCUT2D eigenvalue weighted by atomic mass is 32.1. The van der Waals surface area contributed by atoms with E-state index < -0.39 is 11.7 Å². The minimum atomic E-state index is -4.37. The fourth-order valence-electron chi connectivity index (χ4n) is 1.57. The van der Waals surface area contributed by atoms with E-state index in [0.29, 0.717) is 16.2 Å². The van der Waals surface area contributed by atoms with Crippen molar-refractivity contribution in [3.8, 4) is 0 Å². The molecule has 0 saturated heterocycles. The lowest BCUT2D eigenvalue weighted by Crippen LogP contribution is -2.09. The molecule has 0 bridgehead atoms. The maximum Gasteiger partial charge on any atom is 0.416 e. The summed E-state index contributed by atoms with van der Waals surface area (Å²) in [5.41, 5.74) is -0.496. The van der Waals surface area contributed by atoms with E-state index in [4.69, 9.17) is 0 Å². The molecule has 2 nitrogen and oxygen atoms in total. The van der Waals surface area contributed by atoms with Crippen molar-refractivity contribution in [2.75, 3.05) is 0 Å². The molecule has 0 atom stereocenters. The number of rotatable bonds is 3. The summed E-state index contributed by atoms with van der Waals surface area (Å²) in [4.78, 5) is 14.8. The third kappa shape index (κ3) is 2.76. The molecule has 0 aliphatic heterocycles. The summed E-state index contributed by atoms with van der Waals surface area (Å²) in [6, 6.07) is 5.37. The van der Waals surface area contributed by atoms with Crippen molar-refractivity contribution in [1.29, 1.82) is 0 Å². The van der Waals surface area contributed by atoms with Gasteiger partial charge in [-0.3, -0.25) is 4.79 Å². The Morgan fingerprint density at radius 3 is 2.61 bits per heavy atom. The molecule has 94 valence electrons. The van der Waals surface area contributed by atoms with Crippen LogP contribution in [0.2, 0.25) is 0 Å². The molecular weight excluding hydrogens is 263 g/mol. The zero-order chi connectivity index (χ0) is 13.2. The van der Waals surface area contributed by atoms with Gasteiger partial charge >= 0.3 is 6.18 Å². The number of hydrogen-bond acceptors (Lipinski definition) is 3. The number of halogens is 3. The fraction of sp³-hybridized carbons (Fsp3) is 0.167. The number of aldehydes is 1. The molecule has 0 aliphatic rings. The predicted octanol–water partition coefficient (Wildman–Crippen LogP) is 3.57. The Kier molecular flexibility index (Phi) is 3.47. The van der Waals surface area contributed by atoms with Gasteiger partial charge in [0.15, 0.2) is 6.29 Å². The third-order valence-electron chi connectivity index (χ3n) is 2.35. The Morgan fingerprint density at radius 1 is 1.28 bits per heavy atom. The molecule has 0 saturated carbocycles. The van der Waals surface area contributed by atoms with Gasteiger partial charge in [0, 0.05) is 12.6 Å². The molecule has 0 radical (unpaired) electrons. The molecule has 0 amide bonds. The number of carbonyl (C=O) groups excluding carboxylic acids is 1. The van der Waals surface area contributed by atoms with Crippen LogP contribution in [-0.2, 0) is 12.6 Å². The maximum absolute atomic E-state index is 12.7. The summed E-state index contributed by atoms with van der Waals surface area (Å²) in [5.74, 6) is 0. The Balaban J connectivity index is 2.31. The minimum absolute atomic E-state index is 0.0776. The molecule has 0 aliphatic carbocycles. The first kappa shape index (κ1) is 12.8. The summed E-state index contributed by atoms with van der Waals surface area (Å²) < 4.78 is 38.2. The van der Waals surface area contributed by atoms with Gasteiger partial charge in [0.05, 0.1) is 15.4 Å². The number of carbonyl (C=O) groups is 1. The monoisotopic (exact) mass is 271 g/mol. The summed E-state index contributed by atoms with van der Waals surface area (Å²) >= 11 is 1.10. The van der Waals surface area contributed by atoms with Crippen molar-refractivity contribution < 1.29 is 18.0 Å². The van der Waals surface area contributed by atoms with Gasteiger partial charge in [-0.25, -0.2) is 4.98 Å². The van der Waals surface area contributed by atoms with Gasteiger partial charge in [0.2, 0.25) is 0 Å². The van der Waals surface area contributed by atoms with Crippen LogP contribution in [0.25, 0.3) is 0 Å². The minimum Gasteiger partial charge on any atom is -0.297 e. The van der Waals surface area contributed by atoms with Gasteiger partial charge in [-0.1, -0.05) is 18.2 Å². The summed E-state index contributed by atoms with van der Waals surface area (Å²) in [5, 5.41) is 0.494. The van der Waals surface area contributed by atoms with Crippen LogP contribution in [0.5, 0.6) is 0 Å². The normalized spacial score (nSPS) is 11.5. The van der Waals surface area contributed by atoms with Gasteiger partial charge in [-0.2, -0.15) is 13.2 Å². The van der Waals surface area contributed by atoms with E-state index >= 15 is 0 Å². The van der Waals surface area contributed by atoms with E-state index in [1.165, 1.54) is 18.3 Å². The number of thiazole rings is 1. The van der Waals surface area contributed by atoms with E-state index in [1.807, 2.05) is 0 Å². The van der Waals surface area contributed by atoms with Gasteiger partial charge in [0.1, 0.15) is 0 Å². The van der Waals surface area contributed by atoms with Crippen LogP contribution in [-0.4, -0.2) is 11.3 Å². The second kappa shape index (κ2) is 4.89. The average molecular weight is 271 g/mol. The fourth-order valence-corrected chi connectivity index (χ4v) is 2.33. The van der Waals surface area contributed by atoms with Gasteiger partial charge < -0.3 is 0 Å². The van der Waals surface area contributed by atoms with Crippen molar-refractivity contribution in [1.82, 2.24) is 4.98 Å². The van der Waals surface area contributed by atoms with Crippen LogP contribution in [0.15, 0.2) is 30.5 Å². The predicted molar refractivity (Wildman–Crippen MR) is 61.8 cm³/mol. The molecule has 2 rings (SSSR count). The number of alkyl halides is 3. The molecule has 0 unspecified atom stereocenters. The highest BCUT2D eigenvalue weighted by Gasteiger charge is 2.32. The first-order valence-electron chi connectivity index (χ1n) is 5.05. The first-order chi connectivity index (χ1) is 8.50. The smallest absolute Gasteiger partial charge is 0.297 e. The quantitative estimate of drug-likeness (QED) is 0.799. The van der Waals surface area contributed by atoms with Crippen LogP contribution in [0.1, 0.15) is 25.8 Å². The van der Waals surface area contributed by atoms with Crippen molar-refractivity contribution in [2.45, 2.75) is 12.6 Å². The molecule has 6 heteroatoms. The van der Waals surface area contributed by atoms with Crippen molar-refractivity contribution in [3.63, 3.8) is 0 Å². The van der Waals surface area contributed by atoms with Crippen molar-refractivity contribution in [2.24, 2.45) is 0 Å². The SMILES string of the molecule is O=Cc1cnc(Cc2ccccc2C(F)(F)F)s1. The Labute approximate surface area is 105 Å². The number of aromatic nitrogens is 1. The van der Waals surface area contributed by atoms with Gasteiger partial charge in [-0.05, 0) is 11.6 Å². The van der Waals surface area contributed by atoms with Crippen LogP contribution in [0.4, 0.5) is 13.2 Å².